The first kappa shape index (κ1) is 21.4. The van der Waals surface area contributed by atoms with Crippen molar-refractivity contribution < 1.29 is 13.9 Å². The van der Waals surface area contributed by atoms with Crippen LogP contribution in [0.25, 0.3) is 22.3 Å². The van der Waals surface area contributed by atoms with Crippen molar-refractivity contribution in [2.75, 3.05) is 0 Å². The largest absolute Gasteiger partial charge is 0.489 e. The predicted octanol–water partition coefficient (Wildman–Crippen LogP) is 5.54. The molecule has 0 saturated carbocycles. The zero-order valence-corrected chi connectivity index (χ0v) is 19.0. The summed E-state index contributed by atoms with van der Waals surface area (Å²) in [5.74, 6) is 1.09. The fourth-order valence-corrected chi connectivity index (χ4v) is 3.78. The highest BCUT2D eigenvalue weighted by Gasteiger charge is 2.12. The van der Waals surface area contributed by atoms with E-state index in [9.17, 15) is 4.79 Å². The number of nitrogens with zero attached hydrogens (tertiary/aromatic N) is 4. The minimum atomic E-state index is -0.278. The normalized spacial score (nSPS) is 11.0. The highest BCUT2D eigenvalue weighted by atomic mass is 16.5. The number of ether oxygens (including phenoxy) is 2. The molecule has 0 aliphatic heterocycles. The monoisotopic (exact) mass is 476 g/mol. The second-order valence-corrected chi connectivity index (χ2v) is 8.06. The highest BCUT2D eigenvalue weighted by Crippen LogP contribution is 2.25. The maximum Gasteiger partial charge on any atom is 0.235 e. The minimum absolute atomic E-state index is 0.0807. The lowest BCUT2D eigenvalue weighted by atomic mass is 10.2. The first-order valence-corrected chi connectivity index (χ1v) is 11.3. The van der Waals surface area contributed by atoms with Crippen LogP contribution in [-0.4, -0.2) is 19.6 Å². The molecule has 6 aromatic rings. The quantitative estimate of drug-likeness (QED) is 0.301. The van der Waals surface area contributed by atoms with Gasteiger partial charge in [0.15, 0.2) is 5.75 Å². The maximum atomic E-state index is 13.0. The summed E-state index contributed by atoms with van der Waals surface area (Å²) in [6.45, 7) is 0.329. The minimum Gasteiger partial charge on any atom is -0.489 e. The molecule has 0 aliphatic carbocycles. The van der Waals surface area contributed by atoms with E-state index in [2.05, 4.69) is 10.2 Å². The smallest absolute Gasteiger partial charge is 0.235 e. The van der Waals surface area contributed by atoms with E-state index in [0.717, 1.165) is 16.9 Å². The Kier molecular flexibility index (Phi) is 5.51. The van der Waals surface area contributed by atoms with Crippen molar-refractivity contribution in [3.8, 4) is 28.6 Å². The Balaban J connectivity index is 1.16. The van der Waals surface area contributed by atoms with Gasteiger partial charge in [0.1, 0.15) is 24.2 Å². The molecule has 36 heavy (non-hydrogen) atoms. The van der Waals surface area contributed by atoms with Gasteiger partial charge in [0.25, 0.3) is 0 Å². The summed E-state index contributed by atoms with van der Waals surface area (Å²) in [5.41, 5.74) is 2.91. The summed E-state index contributed by atoms with van der Waals surface area (Å²) in [4.78, 5) is 13.0. The topological polar surface area (TPSA) is 84.3 Å². The van der Waals surface area contributed by atoms with Crippen molar-refractivity contribution in [3.63, 3.8) is 0 Å². The molecule has 0 bridgehead atoms. The van der Waals surface area contributed by atoms with Crippen LogP contribution in [0.4, 0.5) is 0 Å². The van der Waals surface area contributed by atoms with Gasteiger partial charge in [-0.1, -0.05) is 36.4 Å². The zero-order valence-electron chi connectivity index (χ0n) is 19.0. The van der Waals surface area contributed by atoms with Gasteiger partial charge in [-0.15, -0.1) is 0 Å². The van der Waals surface area contributed by atoms with E-state index in [0.29, 0.717) is 29.1 Å². The van der Waals surface area contributed by atoms with Gasteiger partial charge in [0, 0.05) is 17.8 Å². The van der Waals surface area contributed by atoms with Crippen LogP contribution in [0.15, 0.2) is 119 Å². The van der Waals surface area contributed by atoms with Gasteiger partial charge in [-0.25, -0.2) is 9.36 Å². The molecule has 3 aromatic carbocycles. The van der Waals surface area contributed by atoms with E-state index >= 15 is 0 Å². The third-order valence-electron chi connectivity index (χ3n) is 5.58. The van der Waals surface area contributed by atoms with E-state index in [1.54, 1.807) is 46.2 Å². The Morgan fingerprint density at radius 3 is 2.22 bits per heavy atom. The van der Waals surface area contributed by atoms with Gasteiger partial charge in [0.05, 0.1) is 35.4 Å². The van der Waals surface area contributed by atoms with Gasteiger partial charge in [-0.2, -0.15) is 10.2 Å². The molecule has 6 rings (SSSR count). The molecule has 8 heteroatoms. The molecule has 0 amide bonds. The number of benzene rings is 3. The molecule has 0 N–H and O–H groups in total. The van der Waals surface area contributed by atoms with E-state index in [1.165, 1.54) is 6.26 Å². The number of hydrogen-bond acceptors (Lipinski definition) is 6. The summed E-state index contributed by atoms with van der Waals surface area (Å²) >= 11 is 0. The summed E-state index contributed by atoms with van der Waals surface area (Å²) in [6, 6.07) is 24.6. The average Bonchev–Trinajstić information content (AvgIpc) is 3.60. The molecule has 0 aliphatic rings. The highest BCUT2D eigenvalue weighted by molar-refractivity contribution is 5.79. The number of hydrogen-bond donors (Lipinski definition) is 0. The Morgan fingerprint density at radius 2 is 1.47 bits per heavy atom. The summed E-state index contributed by atoms with van der Waals surface area (Å²) < 4.78 is 20.8. The van der Waals surface area contributed by atoms with Crippen LogP contribution in [0.2, 0.25) is 0 Å². The summed E-state index contributed by atoms with van der Waals surface area (Å²) in [6.07, 6.45) is 8.24. The summed E-state index contributed by atoms with van der Waals surface area (Å²) in [7, 11) is 0. The molecule has 0 unspecified atom stereocenters. The second kappa shape index (κ2) is 9.27. The van der Waals surface area contributed by atoms with Crippen molar-refractivity contribution in [2.24, 2.45) is 0 Å². The van der Waals surface area contributed by atoms with Crippen molar-refractivity contribution in [3.05, 3.63) is 126 Å². The zero-order chi connectivity index (χ0) is 24.3. The van der Waals surface area contributed by atoms with E-state index in [1.807, 2.05) is 66.9 Å². The molecule has 0 radical (unpaired) electrons. The first-order chi connectivity index (χ1) is 17.7. The number of rotatable bonds is 7. The van der Waals surface area contributed by atoms with Crippen LogP contribution >= 0.6 is 0 Å². The van der Waals surface area contributed by atoms with Gasteiger partial charge < -0.3 is 13.9 Å². The van der Waals surface area contributed by atoms with Crippen LogP contribution in [-0.2, 0) is 6.61 Å². The second-order valence-electron chi connectivity index (χ2n) is 8.06. The van der Waals surface area contributed by atoms with Crippen LogP contribution in [0, 0.1) is 0 Å². The van der Waals surface area contributed by atoms with Gasteiger partial charge >= 0.3 is 0 Å². The van der Waals surface area contributed by atoms with E-state index < -0.39 is 0 Å². The molecule has 0 atom stereocenters. The van der Waals surface area contributed by atoms with Crippen LogP contribution in [0.5, 0.6) is 17.2 Å². The number of para-hydroxylation sites is 2. The Labute approximate surface area is 205 Å². The molecule has 0 fully saturated rings. The fraction of sp³-hybridized carbons (Fsp3) is 0.0357. The van der Waals surface area contributed by atoms with E-state index in [-0.39, 0.29) is 11.2 Å². The third-order valence-corrected chi connectivity index (χ3v) is 5.58. The lowest BCUT2D eigenvalue weighted by molar-refractivity contribution is 0.306. The van der Waals surface area contributed by atoms with Crippen molar-refractivity contribution in [1.29, 1.82) is 0 Å². The predicted molar refractivity (Wildman–Crippen MR) is 134 cm³/mol. The fourth-order valence-electron chi connectivity index (χ4n) is 3.78. The molecule has 0 spiro atoms. The SMILES string of the molecule is O=c1c(Oc2cnn(-c3ccccc3)c2)coc2cc(OCc3cnn(-c4ccccc4)c3)ccc12. The molecule has 8 nitrogen and oxygen atoms in total. The van der Waals surface area contributed by atoms with Crippen LogP contribution in [0.1, 0.15) is 5.56 Å². The molecular formula is C28H20N4O4. The molecular weight excluding hydrogens is 456 g/mol. The molecule has 176 valence electrons. The van der Waals surface area contributed by atoms with Gasteiger partial charge in [-0.3, -0.25) is 4.79 Å². The lowest BCUT2D eigenvalue weighted by Gasteiger charge is -2.07. The average molecular weight is 476 g/mol. The standard InChI is InChI=1S/C28H20N4O4/c33-28-25-12-11-23(34-18-20-14-29-31(16-20)21-7-3-1-4-8-21)13-26(25)35-19-27(28)36-24-15-30-32(17-24)22-9-5-2-6-10-22/h1-17,19H,18H2. The van der Waals surface area contributed by atoms with Crippen molar-refractivity contribution in [1.82, 2.24) is 19.6 Å². The lowest BCUT2D eigenvalue weighted by Crippen LogP contribution is -2.05. The van der Waals surface area contributed by atoms with Gasteiger partial charge in [0.2, 0.25) is 11.2 Å². The Bertz CT molecular complexity index is 1690. The number of aromatic nitrogens is 4. The van der Waals surface area contributed by atoms with Crippen LogP contribution in [0.3, 0.4) is 0 Å². The van der Waals surface area contributed by atoms with Crippen molar-refractivity contribution >= 4 is 11.0 Å². The van der Waals surface area contributed by atoms with Gasteiger partial charge in [-0.05, 0) is 36.4 Å². The third kappa shape index (κ3) is 4.35. The number of fused-ring (bicyclic) bond motifs is 1. The first-order valence-electron chi connectivity index (χ1n) is 11.3. The van der Waals surface area contributed by atoms with Crippen molar-refractivity contribution in [2.45, 2.75) is 6.61 Å². The van der Waals surface area contributed by atoms with Crippen LogP contribution < -0.4 is 14.9 Å². The Morgan fingerprint density at radius 1 is 0.778 bits per heavy atom. The Hall–Kier alpha value is -5.11. The molecule has 3 heterocycles. The maximum absolute atomic E-state index is 13.0. The molecule has 0 saturated heterocycles. The summed E-state index contributed by atoms with van der Waals surface area (Å²) in [5, 5.41) is 9.06. The molecule has 3 aromatic heterocycles. The van der Waals surface area contributed by atoms with E-state index in [4.69, 9.17) is 13.9 Å².